The first-order valence-electron chi connectivity index (χ1n) is 12.3. The fraction of sp³-hybridized carbons (Fsp3) is 0.276. The highest BCUT2D eigenvalue weighted by Crippen LogP contribution is 2.28. The van der Waals surface area contributed by atoms with Crippen LogP contribution in [-0.2, 0) is 11.3 Å². The van der Waals surface area contributed by atoms with Crippen LogP contribution in [0.2, 0.25) is 0 Å². The number of amides is 1. The predicted octanol–water partition coefficient (Wildman–Crippen LogP) is 5.40. The second-order valence-electron chi connectivity index (χ2n) is 8.90. The van der Waals surface area contributed by atoms with Crippen molar-refractivity contribution in [1.29, 1.82) is 0 Å². The first kappa shape index (κ1) is 25.7. The molecule has 0 spiro atoms. The van der Waals surface area contributed by atoms with Gasteiger partial charge in [0, 0.05) is 43.1 Å². The summed E-state index contributed by atoms with van der Waals surface area (Å²) in [6.07, 6.45) is 1.29. The highest BCUT2D eigenvalue weighted by Gasteiger charge is 2.17. The molecule has 1 amide bonds. The van der Waals surface area contributed by atoms with E-state index in [4.69, 9.17) is 0 Å². The van der Waals surface area contributed by atoms with Gasteiger partial charge in [-0.1, -0.05) is 90.6 Å². The number of rotatable bonds is 12. The molecule has 3 aromatic carbocycles. The summed E-state index contributed by atoms with van der Waals surface area (Å²) < 4.78 is 2.10. The molecule has 0 aliphatic heterocycles. The Morgan fingerprint density at radius 2 is 1.47 bits per heavy atom. The number of nitrogens with zero attached hydrogens (tertiary/aromatic N) is 5. The number of para-hydroxylation sites is 1. The lowest BCUT2D eigenvalue weighted by molar-refractivity contribution is -0.132. The molecular formula is C29H33N5OS. The Morgan fingerprint density at radius 1 is 0.833 bits per heavy atom. The Morgan fingerprint density at radius 3 is 2.14 bits per heavy atom. The zero-order valence-corrected chi connectivity index (χ0v) is 21.8. The topological polar surface area (TPSA) is 54.3 Å². The third kappa shape index (κ3) is 7.06. The number of thioether (sulfide) groups is 1. The monoisotopic (exact) mass is 499 g/mol. The van der Waals surface area contributed by atoms with Crippen LogP contribution in [0.1, 0.15) is 18.4 Å². The summed E-state index contributed by atoms with van der Waals surface area (Å²) in [4.78, 5) is 17.2. The summed E-state index contributed by atoms with van der Waals surface area (Å²) in [7, 11) is 4.07. The maximum absolute atomic E-state index is 13.1. The third-order valence-electron chi connectivity index (χ3n) is 5.83. The van der Waals surface area contributed by atoms with Crippen LogP contribution >= 0.6 is 11.8 Å². The van der Waals surface area contributed by atoms with Crippen molar-refractivity contribution in [3.05, 3.63) is 96.6 Å². The Balaban J connectivity index is 1.40. The lowest BCUT2D eigenvalue weighted by atomic mass is 10.2. The standard InChI is InChI=1S/C29H33N5OS/c1-32(2)20-21-33(23-24-13-6-3-7-14-24)27(35)19-12-22-36-29-31-30-28(25-15-8-4-9-16-25)34(29)26-17-10-5-11-18-26/h3-11,13-18H,12,19-23H2,1-2H3. The molecule has 0 radical (unpaired) electrons. The molecule has 186 valence electrons. The van der Waals surface area contributed by atoms with Gasteiger partial charge in [0.25, 0.3) is 0 Å². The van der Waals surface area contributed by atoms with Crippen LogP contribution in [0, 0.1) is 0 Å². The number of likely N-dealkylation sites (N-methyl/N-ethyl adjacent to an activating group) is 1. The smallest absolute Gasteiger partial charge is 0.222 e. The molecule has 36 heavy (non-hydrogen) atoms. The van der Waals surface area contributed by atoms with Crippen molar-refractivity contribution in [3.63, 3.8) is 0 Å². The largest absolute Gasteiger partial charge is 0.337 e. The Hall–Kier alpha value is -3.42. The fourth-order valence-corrected chi connectivity index (χ4v) is 4.80. The zero-order chi connectivity index (χ0) is 25.2. The molecule has 0 fully saturated rings. The van der Waals surface area contributed by atoms with Gasteiger partial charge in [-0.25, -0.2) is 0 Å². The highest BCUT2D eigenvalue weighted by atomic mass is 32.2. The average Bonchev–Trinajstić information content (AvgIpc) is 3.34. The van der Waals surface area contributed by atoms with Crippen molar-refractivity contribution in [3.8, 4) is 17.1 Å². The Labute approximate surface area is 218 Å². The van der Waals surface area contributed by atoms with Crippen LogP contribution in [0.5, 0.6) is 0 Å². The zero-order valence-electron chi connectivity index (χ0n) is 21.0. The van der Waals surface area contributed by atoms with Gasteiger partial charge in [-0.05, 0) is 38.2 Å². The van der Waals surface area contributed by atoms with Crippen LogP contribution < -0.4 is 0 Å². The van der Waals surface area contributed by atoms with Crippen LogP contribution in [0.3, 0.4) is 0 Å². The van der Waals surface area contributed by atoms with E-state index in [1.54, 1.807) is 11.8 Å². The van der Waals surface area contributed by atoms with Crippen molar-refractivity contribution < 1.29 is 4.79 Å². The quantitative estimate of drug-likeness (QED) is 0.193. The van der Waals surface area contributed by atoms with Crippen molar-refractivity contribution in [2.45, 2.75) is 24.5 Å². The molecule has 1 heterocycles. The first-order valence-corrected chi connectivity index (χ1v) is 13.3. The highest BCUT2D eigenvalue weighted by molar-refractivity contribution is 7.99. The Kier molecular flexibility index (Phi) is 9.30. The lowest BCUT2D eigenvalue weighted by Crippen LogP contribution is -2.36. The summed E-state index contributed by atoms with van der Waals surface area (Å²) in [6.45, 7) is 2.20. The van der Waals surface area contributed by atoms with Gasteiger partial charge in [0.05, 0.1) is 0 Å². The number of benzene rings is 3. The van der Waals surface area contributed by atoms with E-state index in [0.29, 0.717) is 13.0 Å². The maximum Gasteiger partial charge on any atom is 0.222 e. The molecule has 6 nitrogen and oxygen atoms in total. The molecule has 0 saturated heterocycles. The van der Waals surface area contributed by atoms with Gasteiger partial charge < -0.3 is 9.80 Å². The van der Waals surface area contributed by atoms with Crippen LogP contribution in [0.4, 0.5) is 0 Å². The van der Waals surface area contributed by atoms with E-state index in [1.807, 2.05) is 85.7 Å². The van der Waals surface area contributed by atoms with E-state index < -0.39 is 0 Å². The second kappa shape index (κ2) is 13.0. The van der Waals surface area contributed by atoms with Crippen molar-refractivity contribution in [1.82, 2.24) is 24.6 Å². The molecule has 4 rings (SSSR count). The van der Waals surface area contributed by atoms with E-state index in [1.165, 1.54) is 0 Å². The van der Waals surface area contributed by atoms with E-state index in [0.717, 1.165) is 53.1 Å². The minimum Gasteiger partial charge on any atom is -0.337 e. The average molecular weight is 500 g/mol. The number of carbonyl (C=O) groups excluding carboxylic acids is 1. The summed E-state index contributed by atoms with van der Waals surface area (Å²) in [5.74, 6) is 1.80. The number of aromatic nitrogens is 3. The molecule has 0 bridgehead atoms. The fourth-order valence-electron chi connectivity index (χ4n) is 3.91. The van der Waals surface area contributed by atoms with Crippen molar-refractivity contribution in [2.75, 3.05) is 32.9 Å². The van der Waals surface area contributed by atoms with Crippen LogP contribution in [0.25, 0.3) is 17.1 Å². The van der Waals surface area contributed by atoms with E-state index in [2.05, 4.69) is 43.9 Å². The van der Waals surface area contributed by atoms with Gasteiger partial charge >= 0.3 is 0 Å². The molecule has 0 N–H and O–H groups in total. The number of hydrogen-bond donors (Lipinski definition) is 0. The third-order valence-corrected chi connectivity index (χ3v) is 6.85. The van der Waals surface area contributed by atoms with E-state index in [-0.39, 0.29) is 5.91 Å². The molecule has 0 aliphatic carbocycles. The molecule has 0 atom stereocenters. The Bertz CT molecular complexity index is 1210. The maximum atomic E-state index is 13.1. The first-order chi connectivity index (χ1) is 17.6. The number of hydrogen-bond acceptors (Lipinski definition) is 5. The van der Waals surface area contributed by atoms with Gasteiger partial charge in [-0.15, -0.1) is 10.2 Å². The van der Waals surface area contributed by atoms with E-state index >= 15 is 0 Å². The summed E-state index contributed by atoms with van der Waals surface area (Å²) in [6, 6.07) is 30.5. The normalized spacial score (nSPS) is 11.1. The van der Waals surface area contributed by atoms with Crippen molar-refractivity contribution >= 4 is 17.7 Å². The molecule has 0 saturated carbocycles. The second-order valence-corrected chi connectivity index (χ2v) is 9.96. The van der Waals surface area contributed by atoms with Crippen molar-refractivity contribution in [2.24, 2.45) is 0 Å². The van der Waals surface area contributed by atoms with Crippen LogP contribution in [0.15, 0.2) is 96.2 Å². The predicted molar refractivity (Wildman–Crippen MR) is 147 cm³/mol. The minimum atomic E-state index is 0.191. The summed E-state index contributed by atoms with van der Waals surface area (Å²) in [5, 5.41) is 9.84. The van der Waals surface area contributed by atoms with E-state index in [9.17, 15) is 4.79 Å². The minimum absolute atomic E-state index is 0.191. The molecular weight excluding hydrogens is 466 g/mol. The molecule has 0 aliphatic rings. The molecule has 1 aromatic heterocycles. The SMILES string of the molecule is CN(C)CCN(Cc1ccccc1)C(=O)CCCSc1nnc(-c2ccccc2)n1-c1ccccc1. The molecule has 0 unspecified atom stereocenters. The van der Waals surface area contributed by atoms with Gasteiger partial charge in [-0.3, -0.25) is 9.36 Å². The molecule has 4 aromatic rings. The van der Waals surface area contributed by atoms with Gasteiger partial charge in [-0.2, -0.15) is 0 Å². The number of carbonyl (C=O) groups is 1. The molecule has 7 heteroatoms. The van der Waals surface area contributed by atoms with Gasteiger partial charge in [0.15, 0.2) is 11.0 Å². The van der Waals surface area contributed by atoms with Crippen LogP contribution in [-0.4, -0.2) is 63.4 Å². The summed E-state index contributed by atoms with van der Waals surface area (Å²) >= 11 is 1.64. The van der Waals surface area contributed by atoms with Gasteiger partial charge in [0.2, 0.25) is 5.91 Å². The summed E-state index contributed by atoms with van der Waals surface area (Å²) in [5.41, 5.74) is 3.20. The van der Waals surface area contributed by atoms with Gasteiger partial charge in [0.1, 0.15) is 0 Å². The lowest BCUT2D eigenvalue weighted by Gasteiger charge is -2.24.